The fourth-order valence-corrected chi connectivity index (χ4v) is 2.76. The highest BCUT2D eigenvalue weighted by Crippen LogP contribution is 2.21. The van der Waals surface area contributed by atoms with Crippen LogP contribution in [-0.2, 0) is 0 Å². The molecule has 16 heavy (non-hydrogen) atoms. The summed E-state index contributed by atoms with van der Waals surface area (Å²) in [6.07, 6.45) is 3.04. The molecular formula is C10H16N4S2. The maximum absolute atomic E-state index is 8.96. The molecule has 1 unspecified atom stereocenters. The third kappa shape index (κ3) is 4.47. The van der Waals surface area contributed by atoms with Crippen molar-refractivity contribution in [2.45, 2.75) is 36.1 Å². The van der Waals surface area contributed by atoms with E-state index in [-0.39, 0.29) is 5.54 Å². The van der Waals surface area contributed by atoms with Gasteiger partial charge < -0.3 is 5.32 Å². The van der Waals surface area contributed by atoms with Crippen LogP contribution in [0.4, 0.5) is 0 Å². The Bertz CT molecular complexity index is 333. The number of unbranched alkanes of at least 4 members (excludes halogenated alkanes) is 1. The Morgan fingerprint density at radius 2 is 2.44 bits per heavy atom. The lowest BCUT2D eigenvalue weighted by atomic mass is 9.97. The second-order valence-corrected chi connectivity index (χ2v) is 5.88. The molecule has 88 valence electrons. The number of aromatic nitrogens is 2. The van der Waals surface area contributed by atoms with E-state index in [9.17, 15) is 0 Å². The van der Waals surface area contributed by atoms with E-state index in [1.807, 2.05) is 14.0 Å². The molecule has 1 heterocycles. The predicted octanol–water partition coefficient (Wildman–Crippen LogP) is 2.30. The van der Waals surface area contributed by atoms with Crippen LogP contribution in [-0.4, -0.2) is 28.5 Å². The standard InChI is InChI=1S/C10H16N4S2/c1-10(7-11,12-2)5-3-4-6-15-9-14-13-8-16-9/h8,12H,3-6H2,1-2H3. The molecule has 0 radical (unpaired) electrons. The molecule has 0 saturated carbocycles. The van der Waals surface area contributed by atoms with E-state index in [4.69, 9.17) is 5.26 Å². The van der Waals surface area contributed by atoms with Crippen molar-refractivity contribution in [3.8, 4) is 6.07 Å². The number of nitrogens with zero attached hydrogens (tertiary/aromatic N) is 3. The average Bonchev–Trinajstić information content (AvgIpc) is 2.81. The lowest BCUT2D eigenvalue weighted by Crippen LogP contribution is -2.37. The van der Waals surface area contributed by atoms with Gasteiger partial charge in [-0.15, -0.1) is 10.2 Å². The van der Waals surface area contributed by atoms with Crippen molar-refractivity contribution in [2.75, 3.05) is 12.8 Å². The number of hydrogen-bond donors (Lipinski definition) is 1. The lowest BCUT2D eigenvalue weighted by molar-refractivity contribution is 0.439. The Morgan fingerprint density at radius 3 is 3.00 bits per heavy atom. The van der Waals surface area contributed by atoms with Crippen LogP contribution in [0.15, 0.2) is 9.85 Å². The van der Waals surface area contributed by atoms with Crippen molar-refractivity contribution < 1.29 is 0 Å². The molecular weight excluding hydrogens is 240 g/mol. The number of nitriles is 1. The Balaban J connectivity index is 2.11. The minimum atomic E-state index is -0.382. The summed E-state index contributed by atoms with van der Waals surface area (Å²) in [5.74, 6) is 1.04. The molecule has 1 aromatic heterocycles. The molecule has 0 aromatic carbocycles. The van der Waals surface area contributed by atoms with Gasteiger partial charge in [0.1, 0.15) is 11.0 Å². The molecule has 0 amide bonds. The summed E-state index contributed by atoms with van der Waals surface area (Å²) in [5.41, 5.74) is 1.36. The van der Waals surface area contributed by atoms with Crippen molar-refractivity contribution in [1.29, 1.82) is 5.26 Å². The minimum Gasteiger partial charge on any atom is -0.303 e. The van der Waals surface area contributed by atoms with Gasteiger partial charge in [-0.1, -0.05) is 23.1 Å². The number of hydrogen-bond acceptors (Lipinski definition) is 6. The molecule has 1 aromatic rings. The van der Waals surface area contributed by atoms with Crippen LogP contribution < -0.4 is 5.32 Å². The maximum Gasteiger partial charge on any atom is 0.174 e. The summed E-state index contributed by atoms with van der Waals surface area (Å²) in [6.45, 7) is 1.94. The molecule has 1 atom stereocenters. The highest BCUT2D eigenvalue weighted by molar-refractivity contribution is 8.00. The topological polar surface area (TPSA) is 61.6 Å². The van der Waals surface area contributed by atoms with Crippen LogP contribution in [0.25, 0.3) is 0 Å². The predicted molar refractivity (Wildman–Crippen MR) is 67.6 cm³/mol. The molecule has 0 bridgehead atoms. The summed E-state index contributed by atoms with van der Waals surface area (Å²) in [5, 5.41) is 19.7. The van der Waals surface area contributed by atoms with E-state index in [1.54, 1.807) is 28.6 Å². The van der Waals surface area contributed by atoms with Crippen molar-refractivity contribution in [1.82, 2.24) is 15.5 Å². The second kappa shape index (κ2) is 6.84. The quantitative estimate of drug-likeness (QED) is 0.599. The summed E-state index contributed by atoms with van der Waals surface area (Å²) in [4.78, 5) is 0. The fourth-order valence-electron chi connectivity index (χ4n) is 1.20. The van der Waals surface area contributed by atoms with Gasteiger partial charge in [-0.25, -0.2) is 0 Å². The summed E-state index contributed by atoms with van der Waals surface area (Å²) in [7, 11) is 1.83. The highest BCUT2D eigenvalue weighted by Gasteiger charge is 2.19. The zero-order chi connectivity index (χ0) is 11.9. The maximum atomic E-state index is 8.96. The monoisotopic (exact) mass is 256 g/mol. The van der Waals surface area contributed by atoms with Crippen LogP contribution in [0.2, 0.25) is 0 Å². The average molecular weight is 256 g/mol. The van der Waals surface area contributed by atoms with Crippen LogP contribution >= 0.6 is 23.1 Å². The van der Waals surface area contributed by atoms with E-state index in [1.165, 1.54) is 0 Å². The number of nitrogens with one attached hydrogen (secondary N) is 1. The number of rotatable bonds is 7. The van der Waals surface area contributed by atoms with Gasteiger partial charge >= 0.3 is 0 Å². The summed E-state index contributed by atoms with van der Waals surface area (Å²) >= 11 is 3.31. The zero-order valence-corrected chi connectivity index (χ0v) is 11.2. The highest BCUT2D eigenvalue weighted by atomic mass is 32.2. The molecule has 0 aliphatic rings. The molecule has 0 saturated heterocycles. The van der Waals surface area contributed by atoms with E-state index in [0.29, 0.717) is 0 Å². The first-order valence-corrected chi connectivity index (χ1v) is 7.06. The van der Waals surface area contributed by atoms with Gasteiger partial charge in [-0.3, -0.25) is 0 Å². The molecule has 0 fully saturated rings. The second-order valence-electron chi connectivity index (χ2n) is 3.70. The molecule has 0 spiro atoms. The first-order valence-electron chi connectivity index (χ1n) is 5.19. The van der Waals surface area contributed by atoms with Gasteiger partial charge in [0.25, 0.3) is 0 Å². The first-order chi connectivity index (χ1) is 7.70. The van der Waals surface area contributed by atoms with Gasteiger partial charge in [0.05, 0.1) is 6.07 Å². The van der Waals surface area contributed by atoms with E-state index >= 15 is 0 Å². The lowest BCUT2D eigenvalue weighted by Gasteiger charge is -2.19. The summed E-state index contributed by atoms with van der Waals surface area (Å²) in [6, 6.07) is 2.29. The minimum absolute atomic E-state index is 0.382. The zero-order valence-electron chi connectivity index (χ0n) is 9.56. The Morgan fingerprint density at radius 1 is 1.62 bits per heavy atom. The fraction of sp³-hybridized carbons (Fsp3) is 0.700. The molecule has 4 nitrogen and oxygen atoms in total. The number of thioether (sulfide) groups is 1. The van der Waals surface area contributed by atoms with Gasteiger partial charge in [0.2, 0.25) is 0 Å². The van der Waals surface area contributed by atoms with Crippen LogP contribution in [0, 0.1) is 11.3 Å². The third-order valence-corrected chi connectivity index (χ3v) is 4.38. The molecule has 0 aliphatic heterocycles. The van der Waals surface area contributed by atoms with Crippen molar-refractivity contribution in [2.24, 2.45) is 0 Å². The largest absolute Gasteiger partial charge is 0.303 e. The van der Waals surface area contributed by atoms with Crippen LogP contribution in [0.1, 0.15) is 26.2 Å². The van der Waals surface area contributed by atoms with Gasteiger partial charge in [-0.05, 0) is 33.2 Å². The van der Waals surface area contributed by atoms with Crippen LogP contribution in [0.5, 0.6) is 0 Å². The van der Waals surface area contributed by atoms with Gasteiger partial charge in [0.15, 0.2) is 4.34 Å². The SMILES string of the molecule is CNC(C)(C#N)CCCCSc1nncs1. The van der Waals surface area contributed by atoms with E-state index in [0.717, 1.165) is 29.4 Å². The molecule has 0 aliphatic carbocycles. The Labute approximate surface area is 104 Å². The Kier molecular flexibility index (Phi) is 5.74. The van der Waals surface area contributed by atoms with Crippen molar-refractivity contribution in [3.05, 3.63) is 5.51 Å². The molecule has 1 N–H and O–H groups in total. The smallest absolute Gasteiger partial charge is 0.174 e. The van der Waals surface area contributed by atoms with Crippen molar-refractivity contribution >= 4 is 23.1 Å². The van der Waals surface area contributed by atoms with Crippen molar-refractivity contribution in [3.63, 3.8) is 0 Å². The van der Waals surface area contributed by atoms with E-state index < -0.39 is 0 Å². The van der Waals surface area contributed by atoms with Gasteiger partial charge in [0, 0.05) is 5.75 Å². The Hall–Kier alpha value is -0.640. The molecule has 1 rings (SSSR count). The third-order valence-electron chi connectivity index (χ3n) is 2.44. The molecule has 6 heteroatoms. The van der Waals surface area contributed by atoms with Crippen LogP contribution in [0.3, 0.4) is 0 Å². The van der Waals surface area contributed by atoms with E-state index in [2.05, 4.69) is 21.6 Å². The summed E-state index contributed by atoms with van der Waals surface area (Å²) < 4.78 is 1.02. The first kappa shape index (κ1) is 13.4. The van der Waals surface area contributed by atoms with Gasteiger partial charge in [-0.2, -0.15) is 5.26 Å². The normalized spacial score (nSPS) is 14.3.